The highest BCUT2D eigenvalue weighted by atomic mass is 16.5. The Morgan fingerprint density at radius 3 is 1.84 bits per heavy atom. The van der Waals surface area contributed by atoms with Gasteiger partial charge in [-0.1, -0.05) is 38.1 Å². The highest BCUT2D eigenvalue weighted by molar-refractivity contribution is 5.23. The molecule has 32 heavy (non-hydrogen) atoms. The highest BCUT2D eigenvalue weighted by Crippen LogP contribution is 2.18. The molecule has 0 N–H and O–H groups in total. The van der Waals surface area contributed by atoms with Gasteiger partial charge in [0, 0.05) is 38.8 Å². The van der Waals surface area contributed by atoms with Crippen LogP contribution in [0.5, 0.6) is 0 Å². The number of hydrogen-bond donors (Lipinski definition) is 0. The first kappa shape index (κ1) is 27.3. The van der Waals surface area contributed by atoms with Crippen molar-refractivity contribution in [2.24, 2.45) is 0 Å². The summed E-state index contributed by atoms with van der Waals surface area (Å²) >= 11 is 0. The van der Waals surface area contributed by atoms with E-state index in [2.05, 4.69) is 94.4 Å². The van der Waals surface area contributed by atoms with E-state index in [0.29, 0.717) is 19.5 Å². The summed E-state index contributed by atoms with van der Waals surface area (Å²) in [6, 6.07) is 9.55. The lowest BCUT2D eigenvalue weighted by atomic mass is 10.0. The maximum absolute atomic E-state index is 6.29. The number of hydrogen-bond acceptors (Lipinski definition) is 5. The van der Waals surface area contributed by atoms with Gasteiger partial charge >= 0.3 is 0 Å². The lowest BCUT2D eigenvalue weighted by Crippen LogP contribution is -2.48. The minimum Gasteiger partial charge on any atom is -0.360 e. The molecule has 1 atom stereocenters. The third kappa shape index (κ3) is 10.3. The van der Waals surface area contributed by atoms with Gasteiger partial charge in [-0.25, -0.2) is 0 Å². The van der Waals surface area contributed by atoms with Gasteiger partial charge < -0.3 is 14.4 Å². The van der Waals surface area contributed by atoms with Crippen LogP contribution in [0.3, 0.4) is 0 Å². The molecule has 0 saturated carbocycles. The van der Waals surface area contributed by atoms with Gasteiger partial charge in [-0.05, 0) is 72.1 Å². The second-order valence-electron chi connectivity index (χ2n) is 11.1. The molecular weight excluding hydrogens is 398 g/mol. The van der Waals surface area contributed by atoms with Gasteiger partial charge in [-0.3, -0.25) is 9.80 Å². The molecule has 1 unspecified atom stereocenters. The lowest BCUT2D eigenvalue weighted by molar-refractivity contribution is -0.0910. The first-order valence-electron chi connectivity index (χ1n) is 12.5. The summed E-state index contributed by atoms with van der Waals surface area (Å²) in [5.74, 6) is 0. The SMILES string of the molecule is CCc1ccc(CC2CN(COC(C)(C)C)CCN(CC)CCN2COC(C)(C)C)cc1. The van der Waals surface area contributed by atoms with E-state index in [9.17, 15) is 0 Å². The fourth-order valence-electron chi connectivity index (χ4n) is 3.89. The van der Waals surface area contributed by atoms with E-state index in [1.165, 1.54) is 11.1 Å². The Balaban J connectivity index is 2.25. The molecule has 0 radical (unpaired) electrons. The normalized spacial score (nSPS) is 20.7. The van der Waals surface area contributed by atoms with Crippen molar-refractivity contribution in [3.05, 3.63) is 35.4 Å². The minimum absolute atomic E-state index is 0.136. The van der Waals surface area contributed by atoms with Crippen LogP contribution in [0.4, 0.5) is 0 Å². The van der Waals surface area contributed by atoms with Crippen LogP contribution >= 0.6 is 0 Å². The predicted octanol–water partition coefficient (Wildman–Crippen LogP) is 4.64. The van der Waals surface area contributed by atoms with Crippen LogP contribution in [0, 0.1) is 0 Å². The fourth-order valence-corrected chi connectivity index (χ4v) is 3.89. The van der Waals surface area contributed by atoms with E-state index in [0.717, 1.165) is 52.1 Å². The van der Waals surface area contributed by atoms with Crippen molar-refractivity contribution in [2.75, 3.05) is 52.7 Å². The fraction of sp³-hybridized carbons (Fsp3) is 0.778. The van der Waals surface area contributed by atoms with Crippen molar-refractivity contribution in [3.63, 3.8) is 0 Å². The van der Waals surface area contributed by atoms with Crippen molar-refractivity contribution in [1.82, 2.24) is 14.7 Å². The summed E-state index contributed by atoms with van der Waals surface area (Å²) in [5, 5.41) is 0. The molecular formula is C27H49N3O2. The Morgan fingerprint density at radius 2 is 1.28 bits per heavy atom. The van der Waals surface area contributed by atoms with Crippen LogP contribution in [-0.2, 0) is 22.3 Å². The van der Waals surface area contributed by atoms with E-state index < -0.39 is 0 Å². The third-order valence-corrected chi connectivity index (χ3v) is 6.11. The van der Waals surface area contributed by atoms with Gasteiger partial charge in [0.2, 0.25) is 0 Å². The zero-order valence-corrected chi connectivity index (χ0v) is 22.1. The van der Waals surface area contributed by atoms with Crippen LogP contribution in [0.2, 0.25) is 0 Å². The average Bonchev–Trinajstić information content (AvgIpc) is 2.79. The number of benzene rings is 1. The van der Waals surface area contributed by atoms with Gasteiger partial charge in [0.15, 0.2) is 0 Å². The zero-order chi connectivity index (χ0) is 23.8. The van der Waals surface area contributed by atoms with Crippen LogP contribution in [0.1, 0.15) is 66.5 Å². The first-order valence-corrected chi connectivity index (χ1v) is 12.5. The zero-order valence-electron chi connectivity index (χ0n) is 22.1. The van der Waals surface area contributed by atoms with E-state index in [4.69, 9.17) is 9.47 Å². The van der Waals surface area contributed by atoms with Crippen molar-refractivity contribution in [2.45, 2.75) is 85.5 Å². The summed E-state index contributed by atoms with van der Waals surface area (Å²) < 4.78 is 12.5. The molecule has 1 aromatic carbocycles. The van der Waals surface area contributed by atoms with E-state index >= 15 is 0 Å². The van der Waals surface area contributed by atoms with Crippen LogP contribution < -0.4 is 0 Å². The Labute approximate surface area is 198 Å². The molecule has 2 rings (SSSR count). The lowest BCUT2D eigenvalue weighted by Gasteiger charge is -2.36. The Morgan fingerprint density at radius 1 is 0.750 bits per heavy atom. The smallest absolute Gasteiger partial charge is 0.100 e. The highest BCUT2D eigenvalue weighted by Gasteiger charge is 2.27. The molecule has 0 spiro atoms. The molecule has 1 aromatic rings. The number of rotatable bonds is 8. The average molecular weight is 448 g/mol. The van der Waals surface area contributed by atoms with Gasteiger partial charge in [-0.15, -0.1) is 0 Å². The van der Waals surface area contributed by atoms with Crippen LogP contribution in [0.25, 0.3) is 0 Å². The molecule has 1 heterocycles. The summed E-state index contributed by atoms with van der Waals surface area (Å²) in [6.07, 6.45) is 2.11. The molecule has 1 aliphatic heterocycles. The molecule has 1 fully saturated rings. The number of ether oxygens (including phenoxy) is 2. The largest absolute Gasteiger partial charge is 0.360 e. The van der Waals surface area contributed by atoms with Crippen molar-refractivity contribution < 1.29 is 9.47 Å². The summed E-state index contributed by atoms with van der Waals surface area (Å²) in [4.78, 5) is 7.60. The van der Waals surface area contributed by atoms with Gasteiger partial charge in [0.25, 0.3) is 0 Å². The molecule has 1 aliphatic rings. The Bertz CT molecular complexity index is 648. The second-order valence-corrected chi connectivity index (χ2v) is 11.1. The molecule has 0 bridgehead atoms. The summed E-state index contributed by atoms with van der Waals surface area (Å²) in [7, 11) is 0. The molecule has 0 aliphatic carbocycles. The quantitative estimate of drug-likeness (QED) is 0.579. The molecule has 5 nitrogen and oxygen atoms in total. The Kier molecular flexibility index (Phi) is 10.6. The van der Waals surface area contributed by atoms with Gasteiger partial charge in [-0.2, -0.15) is 0 Å². The summed E-state index contributed by atoms with van der Waals surface area (Å²) in [6.45, 7) is 24.9. The minimum atomic E-state index is -0.148. The van der Waals surface area contributed by atoms with E-state index in [1.54, 1.807) is 0 Å². The summed E-state index contributed by atoms with van der Waals surface area (Å²) in [5.41, 5.74) is 2.51. The predicted molar refractivity (Wildman–Crippen MR) is 135 cm³/mol. The van der Waals surface area contributed by atoms with E-state index in [-0.39, 0.29) is 11.2 Å². The van der Waals surface area contributed by atoms with Crippen molar-refractivity contribution >= 4 is 0 Å². The van der Waals surface area contributed by atoms with Gasteiger partial charge in [0.1, 0.15) is 6.73 Å². The van der Waals surface area contributed by atoms with E-state index in [1.807, 2.05) is 0 Å². The molecule has 5 heteroatoms. The third-order valence-electron chi connectivity index (χ3n) is 6.11. The Hall–Kier alpha value is -0.980. The maximum Gasteiger partial charge on any atom is 0.100 e. The number of likely N-dealkylation sites (N-methyl/N-ethyl adjacent to an activating group) is 1. The molecule has 0 aromatic heterocycles. The number of nitrogens with zero attached hydrogens (tertiary/aromatic N) is 3. The van der Waals surface area contributed by atoms with Crippen LogP contribution in [0.15, 0.2) is 24.3 Å². The number of aryl methyl sites for hydroxylation is 1. The molecule has 184 valence electrons. The monoisotopic (exact) mass is 447 g/mol. The first-order chi connectivity index (χ1) is 15.0. The van der Waals surface area contributed by atoms with Crippen LogP contribution in [-0.4, -0.2) is 84.7 Å². The maximum atomic E-state index is 6.29. The standard InChI is InChI=1S/C27H49N3O2/c1-9-23-11-13-24(14-12-23)19-25-20-29(21-31-26(3,4)5)16-15-28(10-2)17-18-30(25)22-32-27(6,7)8/h11-14,25H,9-10,15-22H2,1-8H3. The van der Waals surface area contributed by atoms with Crippen molar-refractivity contribution in [3.8, 4) is 0 Å². The second kappa shape index (κ2) is 12.5. The molecule has 0 amide bonds. The van der Waals surface area contributed by atoms with Crippen molar-refractivity contribution in [1.29, 1.82) is 0 Å². The van der Waals surface area contributed by atoms with Gasteiger partial charge in [0.05, 0.1) is 17.9 Å². The topological polar surface area (TPSA) is 28.2 Å². The molecule has 1 saturated heterocycles.